The summed E-state index contributed by atoms with van der Waals surface area (Å²) in [7, 11) is -3.25. The number of carboxylic acid groups (broad SMARTS) is 1. The smallest absolute Gasteiger partial charge is 0.407 e. The van der Waals surface area contributed by atoms with Crippen LogP contribution in [0.1, 0.15) is 23.5 Å². The Morgan fingerprint density at radius 2 is 1.93 bits per heavy atom. The lowest BCUT2D eigenvalue weighted by molar-refractivity contribution is -0.0216. The lowest BCUT2D eigenvalue weighted by atomic mass is 9.92. The van der Waals surface area contributed by atoms with Crippen LogP contribution >= 0.6 is 11.3 Å². The Morgan fingerprint density at radius 1 is 1.30 bits per heavy atom. The second-order valence-corrected chi connectivity index (χ2v) is 9.35. The van der Waals surface area contributed by atoms with Gasteiger partial charge in [-0.2, -0.15) is 0 Å². The van der Waals surface area contributed by atoms with E-state index >= 15 is 0 Å². The molecule has 0 radical (unpaired) electrons. The van der Waals surface area contributed by atoms with Gasteiger partial charge in [0.05, 0.1) is 10.6 Å². The minimum atomic E-state index is -3.25. The first kappa shape index (κ1) is 19.6. The molecule has 0 atom stereocenters. The summed E-state index contributed by atoms with van der Waals surface area (Å²) >= 11 is 1.32. The van der Waals surface area contributed by atoms with Crippen LogP contribution in [0.2, 0.25) is 0 Å². The van der Waals surface area contributed by atoms with Crippen LogP contribution in [0.5, 0.6) is 5.75 Å². The first-order valence-corrected chi connectivity index (χ1v) is 11.0. The fourth-order valence-corrected chi connectivity index (χ4v) is 4.40. The molecule has 0 saturated carbocycles. The maximum Gasteiger partial charge on any atom is 0.407 e. The molecule has 146 valence electrons. The van der Waals surface area contributed by atoms with E-state index in [9.17, 15) is 18.3 Å². The Bertz CT molecular complexity index is 915. The minimum Gasteiger partial charge on any atom is -0.487 e. The second kappa shape index (κ2) is 7.45. The van der Waals surface area contributed by atoms with Gasteiger partial charge in [-0.25, -0.2) is 18.2 Å². The topological polar surface area (TPSA) is 117 Å². The third-order valence-corrected chi connectivity index (χ3v) is 6.66. The van der Waals surface area contributed by atoms with Crippen LogP contribution in [0.3, 0.4) is 0 Å². The third kappa shape index (κ3) is 4.57. The Labute approximate surface area is 161 Å². The van der Waals surface area contributed by atoms with Crippen molar-refractivity contribution in [3.63, 3.8) is 0 Å². The van der Waals surface area contributed by atoms with Crippen molar-refractivity contribution < 1.29 is 28.2 Å². The summed E-state index contributed by atoms with van der Waals surface area (Å²) in [5.74, 6) is 0.519. The molecule has 1 aromatic carbocycles. The van der Waals surface area contributed by atoms with E-state index in [0.717, 1.165) is 6.26 Å². The number of aromatic nitrogens is 1. The van der Waals surface area contributed by atoms with Crippen LogP contribution in [0.15, 0.2) is 34.5 Å². The molecule has 0 unspecified atom stereocenters. The minimum absolute atomic E-state index is 0.187. The highest BCUT2D eigenvalue weighted by atomic mass is 32.2. The molecule has 27 heavy (non-hydrogen) atoms. The molecule has 0 aliphatic carbocycles. The van der Waals surface area contributed by atoms with Crippen molar-refractivity contribution in [1.82, 2.24) is 9.88 Å². The Morgan fingerprint density at radius 3 is 2.48 bits per heavy atom. The van der Waals surface area contributed by atoms with E-state index in [0.29, 0.717) is 29.3 Å². The van der Waals surface area contributed by atoms with Crippen molar-refractivity contribution in [3.05, 3.63) is 40.3 Å². The van der Waals surface area contributed by atoms with Gasteiger partial charge in [0.15, 0.2) is 9.84 Å². The number of amides is 1. The van der Waals surface area contributed by atoms with Crippen LogP contribution in [-0.2, 0) is 22.0 Å². The van der Waals surface area contributed by atoms with E-state index in [2.05, 4.69) is 4.98 Å². The molecule has 2 heterocycles. The number of carbonyl (C=O) groups is 1. The highest BCUT2D eigenvalue weighted by molar-refractivity contribution is 7.90. The number of hydrogen-bond acceptors (Lipinski definition) is 7. The molecule has 1 fully saturated rings. The van der Waals surface area contributed by atoms with Gasteiger partial charge in [0.1, 0.15) is 23.0 Å². The Hall–Kier alpha value is -2.17. The van der Waals surface area contributed by atoms with Crippen LogP contribution in [0.4, 0.5) is 4.79 Å². The predicted molar refractivity (Wildman–Crippen MR) is 98.7 cm³/mol. The third-order valence-electron chi connectivity index (χ3n) is 4.45. The van der Waals surface area contributed by atoms with E-state index in [1.54, 1.807) is 17.5 Å². The normalized spacial score (nSPS) is 16.9. The first-order valence-electron chi connectivity index (χ1n) is 8.25. The van der Waals surface area contributed by atoms with Gasteiger partial charge in [-0.1, -0.05) is 0 Å². The van der Waals surface area contributed by atoms with E-state index in [4.69, 9.17) is 9.84 Å². The van der Waals surface area contributed by atoms with Gasteiger partial charge in [-0.05, 0) is 24.3 Å². The monoisotopic (exact) mass is 412 g/mol. The lowest BCUT2D eigenvalue weighted by Gasteiger charge is -2.35. The van der Waals surface area contributed by atoms with Crippen molar-refractivity contribution in [2.24, 2.45) is 0 Å². The lowest BCUT2D eigenvalue weighted by Crippen LogP contribution is -2.44. The molecule has 10 heteroatoms. The number of likely N-dealkylation sites (tertiary alicyclic amines) is 1. The van der Waals surface area contributed by atoms with E-state index in [-0.39, 0.29) is 24.6 Å². The van der Waals surface area contributed by atoms with Gasteiger partial charge in [0.25, 0.3) is 0 Å². The highest BCUT2D eigenvalue weighted by Crippen LogP contribution is 2.34. The first-order chi connectivity index (χ1) is 12.7. The average molecular weight is 412 g/mol. The molecule has 3 rings (SSSR count). The molecule has 8 nitrogen and oxygen atoms in total. The van der Waals surface area contributed by atoms with Gasteiger partial charge in [-0.15, -0.1) is 11.3 Å². The SMILES string of the molecule is CS(=O)(=O)c1ccc(OCc2csc(C3(O)CCN(C(=O)O)CC3)n2)cc1. The zero-order valence-electron chi connectivity index (χ0n) is 14.7. The number of aliphatic hydroxyl groups is 1. The molecule has 1 aliphatic rings. The largest absolute Gasteiger partial charge is 0.487 e. The van der Waals surface area contributed by atoms with Crippen LogP contribution < -0.4 is 4.74 Å². The molecule has 1 aromatic heterocycles. The number of nitrogens with zero attached hydrogens (tertiary/aromatic N) is 2. The van der Waals surface area contributed by atoms with E-state index < -0.39 is 21.5 Å². The quantitative estimate of drug-likeness (QED) is 0.772. The van der Waals surface area contributed by atoms with Crippen molar-refractivity contribution in [2.45, 2.75) is 29.9 Å². The molecule has 0 bridgehead atoms. The van der Waals surface area contributed by atoms with Gasteiger partial charge in [0, 0.05) is 37.6 Å². The van der Waals surface area contributed by atoms with Crippen molar-refractivity contribution in [3.8, 4) is 5.75 Å². The molecule has 2 N–H and O–H groups in total. The molecule has 1 aliphatic heterocycles. The van der Waals surface area contributed by atoms with Gasteiger partial charge in [-0.3, -0.25) is 0 Å². The fraction of sp³-hybridized carbons (Fsp3) is 0.412. The van der Waals surface area contributed by atoms with Crippen LogP contribution in [0.25, 0.3) is 0 Å². The summed E-state index contributed by atoms with van der Waals surface area (Å²) in [5, 5.41) is 22.1. The maximum atomic E-state index is 11.5. The number of benzene rings is 1. The van der Waals surface area contributed by atoms with Crippen LogP contribution in [0, 0.1) is 0 Å². The standard InChI is InChI=1S/C17H20N2O6S2/c1-27(23,24)14-4-2-13(3-5-14)25-10-12-11-26-15(18-12)17(22)6-8-19(9-7-17)16(20)21/h2-5,11,22H,6-10H2,1H3,(H,20,21). The summed E-state index contributed by atoms with van der Waals surface area (Å²) in [6.45, 7) is 0.722. The molecular formula is C17H20N2O6S2. The zero-order chi connectivity index (χ0) is 19.7. The zero-order valence-corrected chi connectivity index (χ0v) is 16.3. The number of sulfone groups is 1. The van der Waals surface area contributed by atoms with E-state index in [1.807, 2.05) is 0 Å². The van der Waals surface area contributed by atoms with Crippen molar-refractivity contribution >= 4 is 27.3 Å². The summed E-state index contributed by atoms with van der Waals surface area (Å²) in [6, 6.07) is 6.13. The molecule has 0 spiro atoms. The van der Waals surface area contributed by atoms with Crippen LogP contribution in [-0.4, -0.2) is 54.0 Å². The summed E-state index contributed by atoms with van der Waals surface area (Å²) < 4.78 is 28.5. The second-order valence-electron chi connectivity index (χ2n) is 6.48. The summed E-state index contributed by atoms with van der Waals surface area (Å²) in [5.41, 5.74) is -0.470. The molecule has 1 amide bonds. The number of piperidine rings is 1. The number of hydrogen-bond donors (Lipinski definition) is 2. The number of ether oxygens (including phenoxy) is 1. The Kier molecular flexibility index (Phi) is 5.41. The van der Waals surface area contributed by atoms with Crippen molar-refractivity contribution in [2.75, 3.05) is 19.3 Å². The summed E-state index contributed by atoms with van der Waals surface area (Å²) in [6.07, 6.45) is 0.776. The number of rotatable bonds is 5. The predicted octanol–water partition coefficient (Wildman–Crippen LogP) is 2.09. The molecule has 2 aromatic rings. The van der Waals surface area contributed by atoms with Gasteiger partial charge >= 0.3 is 6.09 Å². The van der Waals surface area contributed by atoms with Gasteiger partial charge in [0.2, 0.25) is 0 Å². The van der Waals surface area contributed by atoms with Gasteiger partial charge < -0.3 is 19.8 Å². The Balaban J connectivity index is 1.61. The average Bonchev–Trinajstić information content (AvgIpc) is 3.10. The number of thiazole rings is 1. The summed E-state index contributed by atoms with van der Waals surface area (Å²) in [4.78, 5) is 16.9. The van der Waals surface area contributed by atoms with E-state index in [1.165, 1.54) is 28.4 Å². The molecule has 1 saturated heterocycles. The van der Waals surface area contributed by atoms with Crippen molar-refractivity contribution in [1.29, 1.82) is 0 Å². The fourth-order valence-electron chi connectivity index (χ4n) is 2.81. The molecular weight excluding hydrogens is 392 g/mol. The maximum absolute atomic E-state index is 11.5. The highest BCUT2D eigenvalue weighted by Gasteiger charge is 2.37.